The minimum Gasteiger partial charge on any atom is -0.494 e. The van der Waals surface area contributed by atoms with Crippen molar-refractivity contribution in [3.05, 3.63) is 54.1 Å². The molecule has 0 bridgehead atoms. The average molecular weight is 286 g/mol. The molecule has 20 heavy (non-hydrogen) atoms. The molecule has 2 nitrogen and oxygen atoms in total. The van der Waals surface area contributed by atoms with E-state index in [0.717, 1.165) is 23.9 Å². The number of thioether (sulfide) groups is 1. The third-order valence-corrected chi connectivity index (χ3v) is 4.64. The summed E-state index contributed by atoms with van der Waals surface area (Å²) >= 11 is 1.92. The normalized spacial score (nSPS) is 16.8. The molecule has 2 aromatic carbocycles. The molecule has 2 aromatic rings. The SMILES string of the molecule is CCOc1ccc(OCC2CSc3ccccc32)cc1. The van der Waals surface area contributed by atoms with Crippen molar-refractivity contribution in [2.45, 2.75) is 17.7 Å². The first-order valence-corrected chi connectivity index (χ1v) is 7.92. The fourth-order valence-electron chi connectivity index (χ4n) is 2.36. The summed E-state index contributed by atoms with van der Waals surface area (Å²) in [5, 5.41) is 0. The monoisotopic (exact) mass is 286 g/mol. The summed E-state index contributed by atoms with van der Waals surface area (Å²) in [7, 11) is 0. The van der Waals surface area contributed by atoms with Crippen LogP contribution in [0.4, 0.5) is 0 Å². The van der Waals surface area contributed by atoms with Gasteiger partial charge in [-0.25, -0.2) is 0 Å². The Balaban J connectivity index is 1.60. The van der Waals surface area contributed by atoms with Crippen LogP contribution in [-0.4, -0.2) is 19.0 Å². The van der Waals surface area contributed by atoms with Gasteiger partial charge < -0.3 is 9.47 Å². The minimum atomic E-state index is 0.489. The van der Waals surface area contributed by atoms with Crippen LogP contribution in [0.1, 0.15) is 18.4 Å². The molecule has 0 fully saturated rings. The lowest BCUT2D eigenvalue weighted by Crippen LogP contribution is -2.09. The van der Waals surface area contributed by atoms with E-state index in [9.17, 15) is 0 Å². The average Bonchev–Trinajstić information content (AvgIpc) is 2.90. The molecule has 0 spiro atoms. The number of hydrogen-bond acceptors (Lipinski definition) is 3. The molecule has 3 rings (SSSR count). The summed E-state index contributed by atoms with van der Waals surface area (Å²) in [6, 6.07) is 16.5. The zero-order valence-corrected chi connectivity index (χ0v) is 12.4. The summed E-state index contributed by atoms with van der Waals surface area (Å²) in [5.41, 5.74) is 1.42. The Morgan fingerprint density at radius 2 is 1.70 bits per heavy atom. The maximum absolute atomic E-state index is 5.91. The van der Waals surface area contributed by atoms with Crippen molar-refractivity contribution >= 4 is 11.8 Å². The molecule has 1 atom stereocenters. The van der Waals surface area contributed by atoms with Gasteiger partial charge in [0, 0.05) is 16.6 Å². The second-order valence-electron chi connectivity index (χ2n) is 4.76. The highest BCUT2D eigenvalue weighted by atomic mass is 32.2. The van der Waals surface area contributed by atoms with Crippen LogP contribution in [0.5, 0.6) is 11.5 Å². The lowest BCUT2D eigenvalue weighted by molar-refractivity contribution is 0.296. The Bertz CT molecular complexity index is 565. The zero-order valence-electron chi connectivity index (χ0n) is 11.5. The van der Waals surface area contributed by atoms with Gasteiger partial charge in [0.05, 0.1) is 13.2 Å². The van der Waals surface area contributed by atoms with E-state index < -0.39 is 0 Å². The molecule has 0 amide bonds. The van der Waals surface area contributed by atoms with Gasteiger partial charge in [0.1, 0.15) is 11.5 Å². The van der Waals surface area contributed by atoms with E-state index in [2.05, 4.69) is 24.3 Å². The standard InChI is InChI=1S/C17H18O2S/c1-2-18-14-7-9-15(10-8-14)19-11-13-12-20-17-6-4-3-5-16(13)17/h3-10,13H,2,11-12H2,1H3. The van der Waals surface area contributed by atoms with Crippen LogP contribution in [0.15, 0.2) is 53.4 Å². The van der Waals surface area contributed by atoms with E-state index in [1.165, 1.54) is 10.5 Å². The van der Waals surface area contributed by atoms with Crippen molar-refractivity contribution in [3.63, 3.8) is 0 Å². The Kier molecular flexibility index (Phi) is 4.16. The van der Waals surface area contributed by atoms with E-state index >= 15 is 0 Å². The van der Waals surface area contributed by atoms with Crippen LogP contribution < -0.4 is 9.47 Å². The first-order valence-electron chi connectivity index (χ1n) is 6.94. The summed E-state index contributed by atoms with van der Waals surface area (Å²) in [6.07, 6.45) is 0. The predicted molar refractivity (Wildman–Crippen MR) is 83.0 cm³/mol. The van der Waals surface area contributed by atoms with Gasteiger partial charge in [-0.1, -0.05) is 18.2 Å². The fourth-order valence-corrected chi connectivity index (χ4v) is 3.60. The van der Waals surface area contributed by atoms with Crippen molar-refractivity contribution in [2.75, 3.05) is 19.0 Å². The fraction of sp³-hybridized carbons (Fsp3) is 0.294. The maximum atomic E-state index is 5.91. The van der Waals surface area contributed by atoms with Crippen LogP contribution in [0, 0.1) is 0 Å². The van der Waals surface area contributed by atoms with E-state index in [-0.39, 0.29) is 0 Å². The van der Waals surface area contributed by atoms with Crippen molar-refractivity contribution in [2.24, 2.45) is 0 Å². The number of ether oxygens (including phenoxy) is 2. The lowest BCUT2D eigenvalue weighted by Gasteiger charge is -2.13. The highest BCUT2D eigenvalue weighted by Gasteiger charge is 2.23. The lowest BCUT2D eigenvalue weighted by atomic mass is 10.0. The smallest absolute Gasteiger partial charge is 0.119 e. The van der Waals surface area contributed by atoms with E-state index in [1.807, 2.05) is 43.0 Å². The summed E-state index contributed by atoms with van der Waals surface area (Å²) in [5.74, 6) is 3.39. The molecule has 0 aliphatic carbocycles. The molecule has 1 aliphatic rings. The molecular weight excluding hydrogens is 268 g/mol. The number of benzene rings is 2. The van der Waals surface area contributed by atoms with Gasteiger partial charge in [-0.15, -0.1) is 11.8 Å². The van der Waals surface area contributed by atoms with Gasteiger partial charge >= 0.3 is 0 Å². The van der Waals surface area contributed by atoms with Crippen LogP contribution in [0.2, 0.25) is 0 Å². The summed E-state index contributed by atoms with van der Waals surface area (Å²) in [6.45, 7) is 3.41. The number of fused-ring (bicyclic) bond motifs is 1. The molecule has 3 heteroatoms. The molecular formula is C17H18O2S. The quantitative estimate of drug-likeness (QED) is 0.814. The van der Waals surface area contributed by atoms with Crippen molar-refractivity contribution in [3.8, 4) is 11.5 Å². The molecule has 1 heterocycles. The molecule has 0 N–H and O–H groups in total. The van der Waals surface area contributed by atoms with Crippen molar-refractivity contribution in [1.29, 1.82) is 0 Å². The van der Waals surface area contributed by atoms with Gasteiger partial charge in [0.25, 0.3) is 0 Å². The van der Waals surface area contributed by atoms with Gasteiger partial charge in [0.15, 0.2) is 0 Å². The Labute approximate surface area is 124 Å². The second kappa shape index (κ2) is 6.23. The molecule has 0 radical (unpaired) electrons. The molecule has 104 valence electrons. The van der Waals surface area contributed by atoms with Gasteiger partial charge in [-0.3, -0.25) is 0 Å². The highest BCUT2D eigenvalue weighted by Crippen LogP contribution is 2.39. The van der Waals surface area contributed by atoms with Crippen molar-refractivity contribution in [1.82, 2.24) is 0 Å². The van der Waals surface area contributed by atoms with E-state index in [1.54, 1.807) is 0 Å². The first-order chi connectivity index (χ1) is 9.86. The van der Waals surface area contributed by atoms with Crippen molar-refractivity contribution < 1.29 is 9.47 Å². The topological polar surface area (TPSA) is 18.5 Å². The molecule has 0 saturated heterocycles. The van der Waals surface area contributed by atoms with E-state index in [0.29, 0.717) is 12.5 Å². The predicted octanol–water partition coefficient (Wildman–Crippen LogP) is 4.35. The molecule has 0 saturated carbocycles. The third-order valence-electron chi connectivity index (χ3n) is 3.38. The molecule has 1 unspecified atom stereocenters. The maximum Gasteiger partial charge on any atom is 0.119 e. The Morgan fingerprint density at radius 1 is 1.00 bits per heavy atom. The number of hydrogen-bond donors (Lipinski definition) is 0. The van der Waals surface area contributed by atoms with Crippen LogP contribution in [-0.2, 0) is 0 Å². The highest BCUT2D eigenvalue weighted by molar-refractivity contribution is 7.99. The van der Waals surface area contributed by atoms with Gasteiger partial charge in [0.2, 0.25) is 0 Å². The first kappa shape index (κ1) is 13.4. The summed E-state index contributed by atoms with van der Waals surface area (Å²) in [4.78, 5) is 1.40. The number of rotatable bonds is 5. The van der Waals surface area contributed by atoms with Gasteiger partial charge in [-0.05, 0) is 42.8 Å². The molecule has 1 aliphatic heterocycles. The Morgan fingerprint density at radius 3 is 2.45 bits per heavy atom. The van der Waals surface area contributed by atoms with E-state index in [4.69, 9.17) is 9.47 Å². The van der Waals surface area contributed by atoms with Crippen LogP contribution in [0.3, 0.4) is 0 Å². The molecule has 0 aromatic heterocycles. The minimum absolute atomic E-state index is 0.489. The van der Waals surface area contributed by atoms with Crippen LogP contribution in [0.25, 0.3) is 0 Å². The van der Waals surface area contributed by atoms with Crippen LogP contribution >= 0.6 is 11.8 Å². The van der Waals surface area contributed by atoms with Gasteiger partial charge in [-0.2, -0.15) is 0 Å². The third kappa shape index (κ3) is 2.93. The Hall–Kier alpha value is -1.61. The zero-order chi connectivity index (χ0) is 13.8. The largest absolute Gasteiger partial charge is 0.494 e. The summed E-state index contributed by atoms with van der Waals surface area (Å²) < 4.78 is 11.3. The second-order valence-corrected chi connectivity index (χ2v) is 5.82.